The summed E-state index contributed by atoms with van der Waals surface area (Å²) in [6.07, 6.45) is 2.15. The SMILES string of the molecule is OCCC#CC#Cc1ccccn1. The summed E-state index contributed by atoms with van der Waals surface area (Å²) in [6.45, 7) is 0.0816. The fourth-order valence-corrected chi connectivity index (χ4v) is 0.695. The molecule has 0 aliphatic rings. The van der Waals surface area contributed by atoms with Crippen molar-refractivity contribution in [2.75, 3.05) is 6.61 Å². The molecule has 2 nitrogen and oxygen atoms in total. The number of nitrogens with zero attached hydrogens (tertiary/aromatic N) is 1. The van der Waals surface area contributed by atoms with Crippen molar-refractivity contribution < 1.29 is 5.11 Å². The minimum atomic E-state index is 0.0816. The van der Waals surface area contributed by atoms with Crippen molar-refractivity contribution in [3.63, 3.8) is 0 Å². The molecule has 0 amide bonds. The predicted molar refractivity (Wildman–Crippen MR) is 50.6 cm³/mol. The first-order chi connectivity index (χ1) is 6.43. The van der Waals surface area contributed by atoms with E-state index in [-0.39, 0.29) is 6.61 Å². The molecule has 0 aromatic carbocycles. The van der Waals surface area contributed by atoms with E-state index in [0.29, 0.717) is 12.1 Å². The van der Waals surface area contributed by atoms with E-state index in [9.17, 15) is 0 Å². The topological polar surface area (TPSA) is 33.1 Å². The van der Waals surface area contributed by atoms with Crippen molar-refractivity contribution in [3.8, 4) is 23.7 Å². The van der Waals surface area contributed by atoms with Crippen molar-refractivity contribution in [2.24, 2.45) is 0 Å². The van der Waals surface area contributed by atoms with Gasteiger partial charge in [0.2, 0.25) is 0 Å². The first-order valence-corrected chi connectivity index (χ1v) is 3.94. The molecule has 0 aliphatic carbocycles. The number of aliphatic hydroxyl groups excluding tert-OH is 1. The van der Waals surface area contributed by atoms with E-state index in [1.807, 2.05) is 18.2 Å². The molecule has 1 N–H and O–H groups in total. The normalized spacial score (nSPS) is 7.77. The summed E-state index contributed by atoms with van der Waals surface area (Å²) in [7, 11) is 0. The van der Waals surface area contributed by atoms with Crippen LogP contribution in [0.4, 0.5) is 0 Å². The van der Waals surface area contributed by atoms with E-state index in [0.717, 1.165) is 0 Å². The maximum Gasteiger partial charge on any atom is 0.114 e. The van der Waals surface area contributed by atoms with E-state index in [4.69, 9.17) is 5.11 Å². The van der Waals surface area contributed by atoms with E-state index < -0.39 is 0 Å². The maximum absolute atomic E-state index is 8.42. The monoisotopic (exact) mass is 171 g/mol. The molecule has 0 radical (unpaired) electrons. The van der Waals surface area contributed by atoms with Gasteiger partial charge in [0.15, 0.2) is 0 Å². The highest BCUT2D eigenvalue weighted by Gasteiger charge is 1.80. The average Bonchev–Trinajstić information content (AvgIpc) is 2.19. The second-order valence-electron chi connectivity index (χ2n) is 2.24. The van der Waals surface area contributed by atoms with Gasteiger partial charge < -0.3 is 5.11 Å². The van der Waals surface area contributed by atoms with Crippen molar-refractivity contribution in [1.29, 1.82) is 0 Å². The van der Waals surface area contributed by atoms with Crippen molar-refractivity contribution in [3.05, 3.63) is 30.1 Å². The Morgan fingerprint density at radius 3 is 2.92 bits per heavy atom. The van der Waals surface area contributed by atoms with Crippen LogP contribution in [0.1, 0.15) is 12.1 Å². The Hall–Kier alpha value is -1.77. The van der Waals surface area contributed by atoms with Gasteiger partial charge in [-0.05, 0) is 29.9 Å². The molecular formula is C11H9NO. The van der Waals surface area contributed by atoms with Crippen molar-refractivity contribution in [1.82, 2.24) is 4.98 Å². The standard InChI is InChI=1S/C11H9NO/c13-10-6-2-1-3-7-11-8-4-5-9-12-11/h4-5,8-9,13H,6,10H2. The molecule has 0 aliphatic heterocycles. The number of rotatable bonds is 1. The van der Waals surface area contributed by atoms with Gasteiger partial charge in [0.05, 0.1) is 6.61 Å². The number of hydrogen-bond acceptors (Lipinski definition) is 2. The highest BCUT2D eigenvalue weighted by atomic mass is 16.2. The van der Waals surface area contributed by atoms with Crippen molar-refractivity contribution in [2.45, 2.75) is 6.42 Å². The molecule has 1 aromatic heterocycles. The largest absolute Gasteiger partial charge is 0.395 e. The molecule has 0 saturated heterocycles. The zero-order valence-electron chi connectivity index (χ0n) is 7.12. The van der Waals surface area contributed by atoms with E-state index in [1.165, 1.54) is 0 Å². The molecule has 1 rings (SSSR count). The summed E-state index contributed by atoms with van der Waals surface area (Å²) in [6, 6.07) is 5.53. The lowest BCUT2D eigenvalue weighted by atomic mass is 10.3. The van der Waals surface area contributed by atoms with Gasteiger partial charge in [-0.15, -0.1) is 0 Å². The molecule has 0 saturated carbocycles. The molecule has 0 spiro atoms. The number of pyridine rings is 1. The fourth-order valence-electron chi connectivity index (χ4n) is 0.695. The Labute approximate surface area is 77.6 Å². The second kappa shape index (κ2) is 5.83. The molecule has 1 heterocycles. The van der Waals surface area contributed by atoms with E-state index >= 15 is 0 Å². The third kappa shape index (κ3) is 3.96. The number of aliphatic hydroxyl groups is 1. The lowest BCUT2D eigenvalue weighted by Crippen LogP contribution is -1.77. The third-order valence-corrected chi connectivity index (χ3v) is 1.24. The lowest BCUT2D eigenvalue weighted by molar-refractivity contribution is 0.305. The van der Waals surface area contributed by atoms with Crippen LogP contribution in [-0.4, -0.2) is 16.7 Å². The molecule has 0 unspecified atom stereocenters. The first kappa shape index (κ1) is 9.32. The Bertz CT molecular complexity index is 362. The van der Waals surface area contributed by atoms with Crippen LogP contribution in [-0.2, 0) is 0 Å². The Morgan fingerprint density at radius 1 is 1.31 bits per heavy atom. The minimum Gasteiger partial charge on any atom is -0.395 e. The summed E-state index contributed by atoms with van der Waals surface area (Å²) in [5.41, 5.74) is 0.709. The van der Waals surface area contributed by atoms with Gasteiger partial charge in [0.1, 0.15) is 5.69 Å². The Balaban J connectivity index is 2.55. The van der Waals surface area contributed by atoms with Gasteiger partial charge in [0.25, 0.3) is 0 Å². The van der Waals surface area contributed by atoms with Crippen LogP contribution >= 0.6 is 0 Å². The summed E-state index contributed by atoms with van der Waals surface area (Å²) in [4.78, 5) is 4.01. The fraction of sp³-hybridized carbons (Fsp3) is 0.182. The molecule has 2 heteroatoms. The third-order valence-electron chi connectivity index (χ3n) is 1.24. The van der Waals surface area contributed by atoms with Crippen LogP contribution in [0.5, 0.6) is 0 Å². The van der Waals surface area contributed by atoms with Gasteiger partial charge in [-0.3, -0.25) is 0 Å². The van der Waals surface area contributed by atoms with Crippen LogP contribution in [0.3, 0.4) is 0 Å². The lowest BCUT2D eigenvalue weighted by Gasteiger charge is -1.82. The Morgan fingerprint density at radius 2 is 2.23 bits per heavy atom. The van der Waals surface area contributed by atoms with Crippen molar-refractivity contribution >= 4 is 0 Å². The molecule has 13 heavy (non-hydrogen) atoms. The van der Waals surface area contributed by atoms with Gasteiger partial charge >= 0.3 is 0 Å². The maximum atomic E-state index is 8.42. The predicted octanol–water partition coefficient (Wildman–Crippen LogP) is 0.819. The first-order valence-electron chi connectivity index (χ1n) is 3.94. The molecular weight excluding hydrogens is 162 g/mol. The van der Waals surface area contributed by atoms with Crippen LogP contribution in [0.25, 0.3) is 0 Å². The molecule has 1 aromatic rings. The highest BCUT2D eigenvalue weighted by Crippen LogP contribution is 1.88. The quantitative estimate of drug-likeness (QED) is 0.634. The van der Waals surface area contributed by atoms with Gasteiger partial charge in [-0.2, -0.15) is 0 Å². The summed E-state index contributed by atoms with van der Waals surface area (Å²) < 4.78 is 0. The summed E-state index contributed by atoms with van der Waals surface area (Å²) in [5.74, 6) is 10.8. The smallest absolute Gasteiger partial charge is 0.114 e. The van der Waals surface area contributed by atoms with Gasteiger partial charge in [-0.25, -0.2) is 4.98 Å². The van der Waals surface area contributed by atoms with Crippen LogP contribution in [0.15, 0.2) is 24.4 Å². The number of aromatic nitrogens is 1. The Kier molecular flexibility index (Phi) is 4.18. The molecule has 0 bridgehead atoms. The second-order valence-corrected chi connectivity index (χ2v) is 2.24. The van der Waals surface area contributed by atoms with Gasteiger partial charge in [0, 0.05) is 12.6 Å². The molecule has 0 fully saturated rings. The van der Waals surface area contributed by atoms with Crippen LogP contribution in [0, 0.1) is 23.7 Å². The summed E-state index contributed by atoms with van der Waals surface area (Å²) in [5, 5.41) is 8.42. The van der Waals surface area contributed by atoms with Crippen LogP contribution < -0.4 is 0 Å². The van der Waals surface area contributed by atoms with E-state index in [2.05, 4.69) is 28.7 Å². The summed E-state index contributed by atoms with van der Waals surface area (Å²) >= 11 is 0. The van der Waals surface area contributed by atoms with Crippen LogP contribution in [0.2, 0.25) is 0 Å². The number of hydrogen-bond donors (Lipinski definition) is 1. The zero-order valence-corrected chi connectivity index (χ0v) is 7.12. The average molecular weight is 171 g/mol. The minimum absolute atomic E-state index is 0.0816. The zero-order chi connectivity index (χ0) is 9.36. The highest BCUT2D eigenvalue weighted by molar-refractivity contribution is 5.35. The molecule has 64 valence electrons. The van der Waals surface area contributed by atoms with Gasteiger partial charge in [-0.1, -0.05) is 12.0 Å². The molecule has 0 atom stereocenters. The van der Waals surface area contributed by atoms with E-state index in [1.54, 1.807) is 6.20 Å².